The number of hydrogen-bond acceptors (Lipinski definition) is 6. The molecule has 0 fully saturated rings. The van der Waals surface area contributed by atoms with Crippen LogP contribution < -0.4 is 0 Å². The van der Waals surface area contributed by atoms with Crippen LogP contribution in [0.4, 0.5) is 0 Å². The van der Waals surface area contributed by atoms with E-state index >= 15 is 0 Å². The van der Waals surface area contributed by atoms with E-state index in [1.807, 2.05) is 30.3 Å². The lowest BCUT2D eigenvalue weighted by molar-refractivity contribution is 0.669. The summed E-state index contributed by atoms with van der Waals surface area (Å²) in [6, 6.07) is 116. The monoisotopic (exact) mass is 1360 g/mol. The van der Waals surface area contributed by atoms with E-state index < -0.39 is 0 Å². The smallest absolute Gasteiger partial charge is 0.235 e. The van der Waals surface area contributed by atoms with Gasteiger partial charge in [-0.3, -0.25) is 4.57 Å². The molecule has 24 rings (SSSR count). The number of aromatic nitrogens is 5. The number of hydrogen-bond donors (Lipinski definition) is 0. The SMILES string of the molecule is Clc1nc(-c2cccc3ccccc23)c2c3ccccc3c3ccccc3c2n1.c1ccc2c(-c3nc(-n4c5ccccc5c5cc6c(ccc7oc8ccccc8c76)cc54)nc4c5ccccc5c5ccccc5c34)cccc2c1.c1ccc2c(c1)Cc1cc3ccc4oc5ccccc5c4c3cc1-2. The van der Waals surface area contributed by atoms with Crippen molar-refractivity contribution in [2.45, 2.75) is 6.42 Å². The van der Waals surface area contributed by atoms with Gasteiger partial charge in [0.25, 0.3) is 0 Å². The van der Waals surface area contributed by atoms with Gasteiger partial charge in [0.15, 0.2) is 0 Å². The molecule has 0 bridgehead atoms. The molecule has 5 aromatic heterocycles. The van der Waals surface area contributed by atoms with E-state index in [1.54, 1.807) is 0 Å². The molecule has 0 amide bonds. The summed E-state index contributed by atoms with van der Waals surface area (Å²) < 4.78 is 14.6. The lowest BCUT2D eigenvalue weighted by Crippen LogP contribution is -2.04. The number of benzene rings is 18. The Morgan fingerprint density at radius 2 is 0.686 bits per heavy atom. The molecule has 0 saturated carbocycles. The van der Waals surface area contributed by atoms with Gasteiger partial charge in [0, 0.05) is 65.0 Å². The van der Waals surface area contributed by atoms with Crippen molar-refractivity contribution in [3.8, 4) is 39.6 Å². The van der Waals surface area contributed by atoms with Crippen LogP contribution in [0.1, 0.15) is 11.1 Å². The first-order valence-electron chi connectivity index (χ1n) is 35.6. The molecule has 18 aromatic carbocycles. The molecule has 105 heavy (non-hydrogen) atoms. The van der Waals surface area contributed by atoms with Crippen LogP contribution in [0.15, 0.2) is 336 Å². The quantitative estimate of drug-likeness (QED) is 0.129. The van der Waals surface area contributed by atoms with E-state index in [1.165, 1.54) is 81.5 Å². The topological polar surface area (TPSA) is 82.8 Å². The highest BCUT2D eigenvalue weighted by atomic mass is 35.5. The Labute approximate surface area is 604 Å². The van der Waals surface area contributed by atoms with Gasteiger partial charge in [0.05, 0.1) is 33.5 Å². The van der Waals surface area contributed by atoms with Crippen molar-refractivity contribution in [1.29, 1.82) is 0 Å². The molecular formula is C97H56ClN5O2. The lowest BCUT2D eigenvalue weighted by Gasteiger charge is -2.17. The van der Waals surface area contributed by atoms with Crippen molar-refractivity contribution in [3.63, 3.8) is 0 Å². The van der Waals surface area contributed by atoms with Gasteiger partial charge in [-0.15, -0.1) is 0 Å². The Hall–Kier alpha value is -13.6. The summed E-state index contributed by atoms with van der Waals surface area (Å²) in [7, 11) is 0. The second-order valence-electron chi connectivity index (χ2n) is 27.5. The van der Waals surface area contributed by atoms with E-state index in [9.17, 15) is 0 Å². The van der Waals surface area contributed by atoms with E-state index in [0.29, 0.717) is 5.95 Å². The van der Waals surface area contributed by atoms with Crippen LogP contribution >= 0.6 is 11.6 Å². The maximum absolute atomic E-state index is 6.45. The Morgan fingerprint density at radius 3 is 1.29 bits per heavy atom. The van der Waals surface area contributed by atoms with Gasteiger partial charge < -0.3 is 8.83 Å². The predicted octanol–water partition coefficient (Wildman–Crippen LogP) is 26.6. The van der Waals surface area contributed by atoms with Crippen LogP contribution in [-0.2, 0) is 6.42 Å². The summed E-state index contributed by atoms with van der Waals surface area (Å²) >= 11 is 6.45. The van der Waals surface area contributed by atoms with Gasteiger partial charge >= 0.3 is 0 Å². The Morgan fingerprint density at radius 1 is 0.248 bits per heavy atom. The second-order valence-corrected chi connectivity index (χ2v) is 27.8. The molecule has 23 aromatic rings. The van der Waals surface area contributed by atoms with Crippen LogP contribution in [0.25, 0.3) is 213 Å². The zero-order chi connectivity index (χ0) is 69.0. The average molecular weight is 1360 g/mol. The fourth-order valence-corrected chi connectivity index (χ4v) is 17.4. The molecule has 0 aliphatic heterocycles. The lowest BCUT2D eigenvalue weighted by atomic mass is 9.93. The molecule has 0 radical (unpaired) electrons. The largest absolute Gasteiger partial charge is 0.456 e. The highest BCUT2D eigenvalue weighted by Crippen LogP contribution is 2.47. The van der Waals surface area contributed by atoms with Crippen molar-refractivity contribution < 1.29 is 8.83 Å². The molecule has 0 atom stereocenters. The summed E-state index contributed by atoms with van der Waals surface area (Å²) in [5.74, 6) is 0.649. The minimum absolute atomic E-state index is 0.265. The molecule has 7 nitrogen and oxygen atoms in total. The number of rotatable bonds is 3. The number of para-hydroxylation sites is 3. The van der Waals surface area contributed by atoms with Crippen molar-refractivity contribution in [2.75, 3.05) is 0 Å². The van der Waals surface area contributed by atoms with Gasteiger partial charge in [-0.2, -0.15) is 0 Å². The highest BCUT2D eigenvalue weighted by Gasteiger charge is 2.25. The molecular weight excluding hydrogens is 1300 g/mol. The first-order valence-corrected chi connectivity index (χ1v) is 35.9. The highest BCUT2D eigenvalue weighted by molar-refractivity contribution is 6.33. The van der Waals surface area contributed by atoms with Crippen LogP contribution in [0.3, 0.4) is 0 Å². The zero-order valence-corrected chi connectivity index (χ0v) is 57.1. The predicted molar refractivity (Wildman–Crippen MR) is 439 cm³/mol. The number of nitrogens with zero attached hydrogens (tertiary/aromatic N) is 5. The van der Waals surface area contributed by atoms with Gasteiger partial charge in [0.2, 0.25) is 11.2 Å². The molecule has 1 aliphatic rings. The summed E-state index contributed by atoms with van der Waals surface area (Å²) in [6.45, 7) is 0. The number of fused-ring (bicyclic) bond motifs is 30. The van der Waals surface area contributed by atoms with Crippen LogP contribution in [0.2, 0.25) is 5.28 Å². The van der Waals surface area contributed by atoms with Gasteiger partial charge in [-0.1, -0.05) is 279 Å². The third-order valence-electron chi connectivity index (χ3n) is 21.8. The van der Waals surface area contributed by atoms with Crippen LogP contribution in [-0.4, -0.2) is 24.5 Å². The molecule has 5 heterocycles. The van der Waals surface area contributed by atoms with Crippen LogP contribution in [0, 0.1) is 0 Å². The second kappa shape index (κ2) is 23.2. The van der Waals surface area contributed by atoms with Crippen molar-refractivity contribution >= 4 is 185 Å². The summed E-state index contributed by atoms with van der Waals surface area (Å²) in [4.78, 5) is 20.6. The van der Waals surface area contributed by atoms with Gasteiger partial charge in [0.1, 0.15) is 22.3 Å². The van der Waals surface area contributed by atoms with Crippen molar-refractivity contribution in [1.82, 2.24) is 24.5 Å². The maximum Gasteiger partial charge on any atom is 0.235 e. The normalized spacial score (nSPS) is 12.2. The van der Waals surface area contributed by atoms with E-state index in [4.69, 9.17) is 35.4 Å². The average Bonchev–Trinajstić information content (AvgIpc) is 1.64. The standard InChI is InChI=1S/C48H27N3O.C26H15ClN2.C23H14O/c1-2-14-30-28(12-1)13-11-21-35(30)46-45-34-18-5-3-15-31(34)32-16-4-6-19-36(32)47(45)50-48(49-46)51-40-22-9-7-17-33(40)39-27-38-29(26-41(39)51)24-25-43-44(38)37-20-8-10-23-42(37)52-43;27-26-28-24(21-15-7-9-16-8-1-2-10-17(16)21)23-20-13-5-3-11-18(20)19-12-4-6-14-22(19)25(23)29-26;1-2-6-17-14(5-1)11-16-12-15-9-10-22-23(20(15)13-19(16)17)18-7-3-4-8-21(18)24-22/h1-27H;1-15H;1-10,12-13H,11H2. The third-order valence-corrected chi connectivity index (χ3v) is 22.0. The Bertz CT molecular complexity index is 7670. The molecule has 0 spiro atoms. The van der Waals surface area contributed by atoms with Gasteiger partial charge in [-0.25, -0.2) is 19.9 Å². The Balaban J connectivity index is 0.000000109. The maximum atomic E-state index is 6.45. The van der Waals surface area contributed by atoms with Crippen LogP contribution in [0.5, 0.6) is 0 Å². The van der Waals surface area contributed by atoms with E-state index in [-0.39, 0.29) is 5.28 Å². The molecule has 0 unspecified atom stereocenters. The molecule has 1 aliphatic carbocycles. The molecule has 8 heteroatoms. The minimum atomic E-state index is 0.265. The fraction of sp³-hybridized carbons (Fsp3) is 0.0103. The molecule has 488 valence electrons. The molecule has 0 saturated heterocycles. The Kier molecular flexibility index (Phi) is 13.1. The van der Waals surface area contributed by atoms with Gasteiger partial charge in [-0.05, 0) is 164 Å². The summed E-state index contributed by atoms with van der Waals surface area (Å²) in [6.07, 6.45) is 1.03. The zero-order valence-electron chi connectivity index (χ0n) is 56.3. The summed E-state index contributed by atoms with van der Waals surface area (Å²) in [5, 5.41) is 28.2. The molecule has 0 N–H and O–H groups in total. The number of furan rings is 2. The first kappa shape index (κ1) is 59.1. The summed E-state index contributed by atoms with van der Waals surface area (Å²) in [5.41, 5.74) is 17.2. The van der Waals surface area contributed by atoms with Crippen molar-refractivity contribution in [2.24, 2.45) is 0 Å². The first-order chi connectivity index (χ1) is 52.0. The fourth-order valence-electron chi connectivity index (χ4n) is 17.3. The van der Waals surface area contributed by atoms with Crippen molar-refractivity contribution in [3.05, 3.63) is 344 Å². The third kappa shape index (κ3) is 9.12. The minimum Gasteiger partial charge on any atom is -0.456 e. The number of halogens is 1. The van der Waals surface area contributed by atoms with E-state index in [2.05, 4.69) is 307 Å². The van der Waals surface area contributed by atoms with E-state index in [0.717, 1.165) is 143 Å².